The summed E-state index contributed by atoms with van der Waals surface area (Å²) >= 11 is 15.4. The van der Waals surface area contributed by atoms with E-state index < -0.39 is 11.8 Å². The molecule has 2 aromatic rings. The smallest absolute Gasteiger partial charge is 0.285 e. The van der Waals surface area contributed by atoms with Crippen molar-refractivity contribution in [1.29, 1.82) is 0 Å². The van der Waals surface area contributed by atoms with Crippen LogP contribution in [-0.4, -0.2) is 21.1 Å². The molecule has 3 rings (SSSR count). The van der Waals surface area contributed by atoms with E-state index in [0.29, 0.717) is 15.3 Å². The lowest BCUT2D eigenvalue weighted by atomic mass is 10.2. The van der Waals surface area contributed by atoms with Gasteiger partial charge in [-0.15, -0.1) is 0 Å². The Labute approximate surface area is 160 Å². The lowest BCUT2D eigenvalue weighted by molar-refractivity contribution is -0.123. The number of rotatable bonds is 3. The summed E-state index contributed by atoms with van der Waals surface area (Å²) in [7, 11) is 0. The third-order valence-corrected chi connectivity index (χ3v) is 5.05. The number of thioether (sulfide) groups is 1. The SMILES string of the molecule is O=C(NN1C(=O)/C(=C/c2ccc(Br)o2)SC1=S)c1ccccc1Cl. The second kappa shape index (κ2) is 7.10. The average Bonchev–Trinajstić information content (AvgIpc) is 3.06. The predicted molar refractivity (Wildman–Crippen MR) is 100 cm³/mol. The van der Waals surface area contributed by atoms with Crippen molar-refractivity contribution in [2.45, 2.75) is 0 Å². The molecule has 1 N–H and O–H groups in total. The fourth-order valence-electron chi connectivity index (χ4n) is 1.91. The van der Waals surface area contributed by atoms with E-state index in [4.69, 9.17) is 28.2 Å². The van der Waals surface area contributed by atoms with Crippen molar-refractivity contribution in [1.82, 2.24) is 10.4 Å². The molecule has 1 aliphatic heterocycles. The summed E-state index contributed by atoms with van der Waals surface area (Å²) in [5.41, 5.74) is 2.73. The van der Waals surface area contributed by atoms with Crippen molar-refractivity contribution in [2.75, 3.05) is 0 Å². The Balaban J connectivity index is 1.79. The number of nitrogens with zero attached hydrogens (tertiary/aromatic N) is 1. The van der Waals surface area contributed by atoms with Gasteiger partial charge in [0.05, 0.1) is 15.5 Å². The molecule has 2 amide bonds. The zero-order valence-corrected chi connectivity index (χ0v) is 15.8. The van der Waals surface area contributed by atoms with Crippen LogP contribution in [0.3, 0.4) is 0 Å². The Morgan fingerprint density at radius 1 is 1.33 bits per heavy atom. The molecule has 2 heterocycles. The van der Waals surface area contributed by atoms with Crippen LogP contribution in [-0.2, 0) is 4.79 Å². The van der Waals surface area contributed by atoms with E-state index in [1.165, 1.54) is 0 Å². The molecule has 1 aromatic heterocycles. The van der Waals surface area contributed by atoms with Gasteiger partial charge in [-0.3, -0.25) is 15.0 Å². The average molecular weight is 444 g/mol. The van der Waals surface area contributed by atoms with E-state index in [9.17, 15) is 9.59 Å². The summed E-state index contributed by atoms with van der Waals surface area (Å²) < 4.78 is 6.11. The monoisotopic (exact) mass is 442 g/mol. The summed E-state index contributed by atoms with van der Waals surface area (Å²) in [6.07, 6.45) is 1.56. The Morgan fingerprint density at radius 3 is 2.75 bits per heavy atom. The topological polar surface area (TPSA) is 62.6 Å². The zero-order valence-electron chi connectivity index (χ0n) is 11.8. The highest BCUT2D eigenvalue weighted by molar-refractivity contribution is 9.10. The van der Waals surface area contributed by atoms with E-state index >= 15 is 0 Å². The number of carbonyl (C=O) groups is 2. The minimum absolute atomic E-state index is 0.220. The summed E-state index contributed by atoms with van der Waals surface area (Å²) in [6.45, 7) is 0. The van der Waals surface area contributed by atoms with Crippen LogP contribution in [0.15, 0.2) is 50.4 Å². The molecule has 0 bridgehead atoms. The van der Waals surface area contributed by atoms with Crippen LogP contribution in [0.4, 0.5) is 0 Å². The molecule has 24 heavy (non-hydrogen) atoms. The first kappa shape index (κ1) is 17.2. The molecule has 1 saturated heterocycles. The minimum Gasteiger partial charge on any atom is -0.450 e. The van der Waals surface area contributed by atoms with Crippen LogP contribution < -0.4 is 5.43 Å². The van der Waals surface area contributed by atoms with Gasteiger partial charge in [-0.1, -0.05) is 35.5 Å². The maximum Gasteiger partial charge on any atom is 0.285 e. The second-order valence-electron chi connectivity index (χ2n) is 4.58. The third-order valence-electron chi connectivity index (χ3n) is 2.99. The number of amides is 2. The lowest BCUT2D eigenvalue weighted by Gasteiger charge is -2.16. The van der Waals surface area contributed by atoms with E-state index in [0.717, 1.165) is 16.8 Å². The van der Waals surface area contributed by atoms with Gasteiger partial charge in [0.1, 0.15) is 5.76 Å². The molecule has 0 spiro atoms. The van der Waals surface area contributed by atoms with Crippen LogP contribution in [0, 0.1) is 0 Å². The van der Waals surface area contributed by atoms with Crippen LogP contribution in [0.2, 0.25) is 5.02 Å². The number of hydrogen-bond acceptors (Lipinski definition) is 5. The van der Waals surface area contributed by atoms with Gasteiger partial charge in [-0.25, -0.2) is 0 Å². The fraction of sp³-hybridized carbons (Fsp3) is 0. The fourth-order valence-corrected chi connectivity index (χ4v) is 3.61. The van der Waals surface area contributed by atoms with Gasteiger partial charge in [-0.2, -0.15) is 5.01 Å². The molecule has 5 nitrogen and oxygen atoms in total. The van der Waals surface area contributed by atoms with Crippen molar-refractivity contribution in [2.24, 2.45) is 0 Å². The van der Waals surface area contributed by atoms with Gasteiger partial charge >= 0.3 is 0 Å². The maximum absolute atomic E-state index is 12.4. The van der Waals surface area contributed by atoms with Crippen molar-refractivity contribution in [3.05, 3.63) is 62.3 Å². The highest BCUT2D eigenvalue weighted by Gasteiger charge is 2.34. The number of hydrazine groups is 1. The normalized spacial score (nSPS) is 16.1. The van der Waals surface area contributed by atoms with E-state index in [1.54, 1.807) is 42.5 Å². The highest BCUT2D eigenvalue weighted by atomic mass is 79.9. The molecule has 0 saturated carbocycles. The van der Waals surface area contributed by atoms with E-state index in [1.807, 2.05) is 0 Å². The Morgan fingerprint density at radius 2 is 2.08 bits per heavy atom. The van der Waals surface area contributed by atoms with Gasteiger partial charge in [-0.05, 0) is 52.4 Å². The first-order valence-electron chi connectivity index (χ1n) is 6.54. The van der Waals surface area contributed by atoms with Crippen LogP contribution in [0.25, 0.3) is 6.08 Å². The Kier molecular flexibility index (Phi) is 5.09. The first-order chi connectivity index (χ1) is 11.5. The maximum atomic E-state index is 12.4. The Bertz CT molecular complexity index is 881. The van der Waals surface area contributed by atoms with Crippen molar-refractivity contribution in [3.8, 4) is 0 Å². The molecule has 0 aliphatic carbocycles. The molecule has 1 aromatic carbocycles. The number of thiocarbonyl (C=S) groups is 1. The Hall–Kier alpha value is -1.61. The molecule has 122 valence electrons. The molecule has 1 fully saturated rings. The molecule has 0 atom stereocenters. The summed E-state index contributed by atoms with van der Waals surface area (Å²) in [5, 5.41) is 1.31. The number of carbonyl (C=O) groups excluding carboxylic acids is 2. The van der Waals surface area contributed by atoms with Gasteiger partial charge < -0.3 is 4.42 Å². The highest BCUT2D eigenvalue weighted by Crippen LogP contribution is 2.32. The van der Waals surface area contributed by atoms with Crippen molar-refractivity contribution in [3.63, 3.8) is 0 Å². The van der Waals surface area contributed by atoms with Gasteiger partial charge in [0.25, 0.3) is 11.8 Å². The van der Waals surface area contributed by atoms with Gasteiger partial charge in [0, 0.05) is 6.08 Å². The summed E-state index contributed by atoms with van der Waals surface area (Å²) in [6, 6.07) is 9.97. The predicted octanol–water partition coefficient (Wildman–Crippen LogP) is 4.24. The lowest BCUT2D eigenvalue weighted by Crippen LogP contribution is -2.44. The van der Waals surface area contributed by atoms with Crippen molar-refractivity contribution >= 4 is 73.7 Å². The molecule has 0 unspecified atom stereocenters. The van der Waals surface area contributed by atoms with E-state index in [-0.39, 0.29) is 14.9 Å². The number of benzene rings is 1. The van der Waals surface area contributed by atoms with Crippen LogP contribution in [0.5, 0.6) is 0 Å². The molecular weight excluding hydrogens is 436 g/mol. The molecule has 0 radical (unpaired) electrons. The molecular formula is C15H8BrClN2O3S2. The number of furan rings is 1. The molecule has 1 aliphatic rings. The standard InChI is InChI=1S/C15H8BrClN2O3S2/c16-12-6-5-8(22-12)7-11-14(21)19(15(23)24-11)18-13(20)9-3-1-2-4-10(9)17/h1-7H,(H,18,20)/b11-7-. The molecule has 9 heteroatoms. The minimum atomic E-state index is -0.515. The van der Waals surface area contributed by atoms with E-state index in [2.05, 4.69) is 21.4 Å². The second-order valence-corrected chi connectivity index (χ2v) is 7.44. The number of nitrogens with one attached hydrogen (secondary N) is 1. The van der Waals surface area contributed by atoms with Gasteiger partial charge in [0.15, 0.2) is 8.99 Å². The van der Waals surface area contributed by atoms with Crippen LogP contribution in [0.1, 0.15) is 16.1 Å². The van der Waals surface area contributed by atoms with Crippen molar-refractivity contribution < 1.29 is 14.0 Å². The zero-order chi connectivity index (χ0) is 17.3. The van der Waals surface area contributed by atoms with Gasteiger partial charge in [0.2, 0.25) is 0 Å². The summed E-state index contributed by atoms with van der Waals surface area (Å²) in [5.74, 6) is -0.448. The first-order valence-corrected chi connectivity index (χ1v) is 8.94. The number of hydrogen-bond donors (Lipinski definition) is 1. The quantitative estimate of drug-likeness (QED) is 0.568. The van der Waals surface area contributed by atoms with Crippen LogP contribution >= 0.6 is 51.5 Å². The largest absolute Gasteiger partial charge is 0.450 e. The third kappa shape index (κ3) is 3.56. The summed E-state index contributed by atoms with van der Waals surface area (Å²) in [4.78, 5) is 25.1. The number of halogens is 2.